The van der Waals surface area contributed by atoms with Gasteiger partial charge >= 0.3 is 0 Å². The van der Waals surface area contributed by atoms with Crippen molar-refractivity contribution in [3.05, 3.63) is 461 Å². The average molecular weight is 1800 g/mol. The maximum atomic E-state index is 6.47. The second kappa shape index (κ2) is 33.0. The minimum absolute atomic E-state index is 0.575. The molecule has 0 amide bonds. The van der Waals surface area contributed by atoms with Crippen LogP contribution in [0.15, 0.2) is 466 Å². The van der Waals surface area contributed by atoms with Crippen LogP contribution in [-0.4, -0.2) is 48.6 Å². The van der Waals surface area contributed by atoms with Gasteiger partial charge < -0.3 is 4.42 Å². The van der Waals surface area contributed by atoms with Crippen molar-refractivity contribution in [2.75, 3.05) is 0 Å². The lowest BCUT2D eigenvalue weighted by molar-refractivity contribution is 0.653. The van der Waals surface area contributed by atoms with Gasteiger partial charge in [0.1, 0.15) is 10.4 Å². The molecule has 10 aromatic heterocycles. The van der Waals surface area contributed by atoms with E-state index in [1.807, 2.05) is 85.2 Å². The lowest BCUT2D eigenvalue weighted by atomic mass is 9.92. The maximum absolute atomic E-state index is 6.47. The van der Waals surface area contributed by atoms with E-state index in [1.165, 1.54) is 118 Å². The van der Waals surface area contributed by atoms with Crippen LogP contribution in [0.4, 0.5) is 0 Å². The molecule has 0 bridgehead atoms. The van der Waals surface area contributed by atoms with E-state index in [9.17, 15) is 0 Å². The number of rotatable bonds is 11. The molecule has 0 spiro atoms. The molecule has 0 aliphatic rings. The van der Waals surface area contributed by atoms with Crippen LogP contribution in [0.5, 0.6) is 0 Å². The number of aromatic nitrogens is 10. The fourth-order valence-corrected chi connectivity index (χ4v) is 22.6. The zero-order chi connectivity index (χ0) is 90.8. The first kappa shape index (κ1) is 79.7. The van der Waals surface area contributed by atoms with Gasteiger partial charge in [-0.2, -0.15) is 4.98 Å². The van der Waals surface area contributed by atoms with Gasteiger partial charge in [-0.3, -0.25) is 18.7 Å². The fourth-order valence-electron chi connectivity index (χ4n) is 20.4. The summed E-state index contributed by atoms with van der Waals surface area (Å²) >= 11 is 3.51. The van der Waals surface area contributed by atoms with Crippen molar-refractivity contribution >= 4 is 183 Å². The van der Waals surface area contributed by atoms with E-state index in [4.69, 9.17) is 34.3 Å². The molecule has 0 saturated carbocycles. The quantitative estimate of drug-likeness (QED) is 0.126. The maximum Gasteiger partial charge on any atom is 0.233 e. The topological polar surface area (TPSA) is 118 Å². The van der Waals surface area contributed by atoms with Crippen LogP contribution in [-0.2, 0) is 0 Å². The van der Waals surface area contributed by atoms with Gasteiger partial charge in [-0.1, -0.05) is 352 Å². The Morgan fingerprint density at radius 1 is 0.210 bits per heavy atom. The van der Waals surface area contributed by atoms with E-state index in [0.29, 0.717) is 17.4 Å². The first-order valence-corrected chi connectivity index (χ1v) is 47.9. The lowest BCUT2D eigenvalue weighted by Crippen LogP contribution is -2.02. The van der Waals surface area contributed by atoms with Crippen molar-refractivity contribution in [3.8, 4) is 107 Å². The third-order valence-corrected chi connectivity index (χ3v) is 29.1. The zero-order valence-corrected chi connectivity index (χ0v) is 75.7. The first-order chi connectivity index (χ1) is 68.4. The molecule has 19 aromatic carbocycles. The summed E-state index contributed by atoms with van der Waals surface area (Å²) in [7, 11) is 0. The molecular weight excluding hydrogens is 1720 g/mol. The number of pyridine rings is 1. The minimum Gasteiger partial charge on any atom is -0.437 e. The van der Waals surface area contributed by atoms with Crippen molar-refractivity contribution in [2.45, 2.75) is 0 Å². The highest BCUT2D eigenvalue weighted by Crippen LogP contribution is 2.49. The summed E-state index contributed by atoms with van der Waals surface area (Å²) in [5, 5.41) is 19.8. The van der Waals surface area contributed by atoms with Gasteiger partial charge in [0.2, 0.25) is 5.71 Å². The third kappa shape index (κ3) is 13.6. The molecular formula is C125H76N10OS2. The number of para-hydroxylation sites is 3. The van der Waals surface area contributed by atoms with Gasteiger partial charge in [0.25, 0.3) is 0 Å². The molecule has 10 heterocycles. The molecule has 11 nitrogen and oxygen atoms in total. The Balaban J connectivity index is 0.000000106. The predicted molar refractivity (Wildman–Crippen MR) is 576 cm³/mol. The molecule has 0 unspecified atom stereocenters. The van der Waals surface area contributed by atoms with Crippen LogP contribution in [0.2, 0.25) is 0 Å². The summed E-state index contributed by atoms with van der Waals surface area (Å²) in [5.41, 5.74) is 23.7. The van der Waals surface area contributed by atoms with Gasteiger partial charge in [0.05, 0.1) is 54.1 Å². The van der Waals surface area contributed by atoms with E-state index in [0.717, 1.165) is 132 Å². The van der Waals surface area contributed by atoms with E-state index in [-0.39, 0.29) is 0 Å². The van der Waals surface area contributed by atoms with Gasteiger partial charge in [0, 0.05) is 87.0 Å². The number of furan rings is 1. The first-order valence-electron chi connectivity index (χ1n) is 46.3. The van der Waals surface area contributed by atoms with Crippen molar-refractivity contribution in [3.63, 3.8) is 0 Å². The van der Waals surface area contributed by atoms with Crippen molar-refractivity contribution in [1.82, 2.24) is 48.6 Å². The number of benzene rings is 19. The number of hydrogen-bond donors (Lipinski definition) is 0. The molecule has 29 aromatic rings. The number of thiophene rings is 2. The summed E-state index contributed by atoms with van der Waals surface area (Å²) in [4.78, 5) is 36.9. The van der Waals surface area contributed by atoms with Crippen LogP contribution in [0.3, 0.4) is 0 Å². The standard InChI is InChI=1S/C49H30N4S.C38H23N3O.C38H23N3S/c1-3-11-31(12-4-1)32-19-21-34(22-20-32)39-29-42-45(30-40(39)33-13-5-2-6-14-33)54-47-46(42)51-48(35-23-25-50-26-24-35)52-49(47)53-43-18-10-9-17-38(43)41-27-36-15-7-8-16-37(36)28-44(41)53;1-3-11-24(12-4-1)28-19-20-34-31(22-28)35-37(39-36(40-38(35)42-34)25-13-5-2-6-14-25)41-32-18-10-9-17-29(32)30-21-26-15-7-8-16-27(26)23-33(30)41;1-3-11-24(12-4-1)28-19-20-30-34(23-28)42-38-35(30)37(39-36(40-38)25-13-5-2-6-14-25)41-32-18-10-9-17-29(32)31-21-26-15-7-8-16-27(26)22-33(31)41/h1-30H;2*1-23H. The predicted octanol–water partition coefficient (Wildman–Crippen LogP) is 33.5. The Bertz CT molecular complexity index is 9850. The Hall–Kier alpha value is -18.0. The monoisotopic (exact) mass is 1800 g/mol. The SMILES string of the molecule is c1ccc(-c2ccc(-c3cc4c(cc3-c3ccccc3)sc3c(-n5c6ccccc6c6cc7ccccc7cc65)nc(-c5ccncc5)nc34)cc2)cc1.c1ccc(-c2ccc3c(c2)sc2nc(-c4ccccc4)nc(-n4c5ccccc5c5cc6ccccc6cc54)c23)cc1.c1ccc(-c2ccc3oc4nc(-c5ccccc5)nc(-n5c6ccccc6c6cc7ccccc7cc65)c4c3c2)cc1. The summed E-state index contributed by atoms with van der Waals surface area (Å²) in [6.07, 6.45) is 3.62. The van der Waals surface area contributed by atoms with Gasteiger partial charge in [-0.25, -0.2) is 24.9 Å². The Morgan fingerprint density at radius 3 is 1.09 bits per heavy atom. The summed E-state index contributed by atoms with van der Waals surface area (Å²) in [6, 6.07) is 159. The Labute approximate surface area is 798 Å². The lowest BCUT2D eigenvalue weighted by Gasteiger charge is -2.13. The smallest absolute Gasteiger partial charge is 0.233 e. The van der Waals surface area contributed by atoms with Gasteiger partial charge in [-0.15, -0.1) is 22.7 Å². The molecule has 13 heteroatoms. The molecule has 0 aliphatic carbocycles. The molecule has 29 rings (SSSR count). The molecule has 0 fully saturated rings. The molecule has 138 heavy (non-hydrogen) atoms. The fraction of sp³-hybridized carbons (Fsp3) is 0. The highest BCUT2D eigenvalue weighted by atomic mass is 32.1. The van der Waals surface area contributed by atoms with Gasteiger partial charge in [0.15, 0.2) is 34.9 Å². The minimum atomic E-state index is 0.575. The highest BCUT2D eigenvalue weighted by molar-refractivity contribution is 7.26. The molecule has 0 radical (unpaired) electrons. The van der Waals surface area contributed by atoms with E-state index in [2.05, 4.69) is 395 Å². The molecule has 0 atom stereocenters. The summed E-state index contributed by atoms with van der Waals surface area (Å²) < 4.78 is 16.9. The highest BCUT2D eigenvalue weighted by Gasteiger charge is 2.28. The largest absolute Gasteiger partial charge is 0.437 e. The second-order valence-corrected chi connectivity index (χ2v) is 37.1. The average Bonchev–Trinajstić information content (AvgIpc) is 1.56. The van der Waals surface area contributed by atoms with E-state index in [1.54, 1.807) is 22.7 Å². The van der Waals surface area contributed by atoms with Crippen LogP contribution >= 0.6 is 22.7 Å². The van der Waals surface area contributed by atoms with E-state index >= 15 is 0 Å². The molecule has 0 aliphatic heterocycles. The van der Waals surface area contributed by atoms with Gasteiger partial charge in [-0.05, 0) is 185 Å². The van der Waals surface area contributed by atoms with Crippen LogP contribution in [0, 0.1) is 0 Å². The van der Waals surface area contributed by atoms with Crippen LogP contribution in [0.1, 0.15) is 0 Å². The van der Waals surface area contributed by atoms with Crippen LogP contribution in [0.25, 0.3) is 268 Å². The zero-order valence-electron chi connectivity index (χ0n) is 74.1. The number of hydrogen-bond acceptors (Lipinski definition) is 10. The van der Waals surface area contributed by atoms with Crippen molar-refractivity contribution < 1.29 is 4.42 Å². The Morgan fingerprint density at radius 2 is 0.572 bits per heavy atom. The number of nitrogens with zero attached hydrogens (tertiary/aromatic N) is 10. The third-order valence-electron chi connectivity index (χ3n) is 26.9. The molecule has 0 saturated heterocycles. The van der Waals surface area contributed by atoms with Crippen molar-refractivity contribution in [2.24, 2.45) is 0 Å². The van der Waals surface area contributed by atoms with Crippen LogP contribution < -0.4 is 0 Å². The Kier molecular flexibility index (Phi) is 19.1. The molecule has 644 valence electrons. The molecule has 0 N–H and O–H groups in total. The van der Waals surface area contributed by atoms with E-state index < -0.39 is 0 Å². The van der Waals surface area contributed by atoms with Crippen molar-refractivity contribution in [1.29, 1.82) is 0 Å². The summed E-state index contributed by atoms with van der Waals surface area (Å²) in [6.45, 7) is 0. The normalized spacial score (nSPS) is 11.8. The second-order valence-electron chi connectivity index (χ2n) is 35.0. The number of fused-ring (bicyclic) bond motifs is 21. The summed E-state index contributed by atoms with van der Waals surface area (Å²) in [5.74, 6) is 4.65.